The van der Waals surface area contributed by atoms with E-state index in [9.17, 15) is 23.2 Å². The minimum absolute atomic E-state index is 0.140. The van der Waals surface area contributed by atoms with Gasteiger partial charge in [-0.15, -0.1) is 0 Å². The summed E-state index contributed by atoms with van der Waals surface area (Å²) in [4.78, 5) is 47.4. The lowest BCUT2D eigenvalue weighted by Gasteiger charge is -2.36. The number of cyclic esters (lactones) is 1. The summed E-state index contributed by atoms with van der Waals surface area (Å²) in [5.74, 6) is -1.92. The predicted octanol–water partition coefficient (Wildman–Crippen LogP) is 5.93. The fourth-order valence-electron chi connectivity index (χ4n) is 5.30. The molecule has 3 atom stereocenters. The number of benzene rings is 2. The number of methoxy groups -OCH3 is 2. The summed E-state index contributed by atoms with van der Waals surface area (Å²) in [5, 5.41) is 5.53. The number of carbonyl (C=O) groups excluding carboxylic acids is 3. The molecule has 42 heavy (non-hydrogen) atoms. The molecule has 13 heteroatoms. The summed E-state index contributed by atoms with van der Waals surface area (Å²) in [7, 11) is 2.53. The highest BCUT2D eigenvalue weighted by Crippen LogP contribution is 2.39. The molecule has 222 valence electrons. The average Bonchev–Trinajstić information content (AvgIpc) is 3.45. The summed E-state index contributed by atoms with van der Waals surface area (Å²) in [6, 6.07) is 6.73. The molecule has 3 N–H and O–H groups in total. The number of aromatic nitrogens is 2. The maximum absolute atomic E-state index is 14.9. The number of nitrogens with zero attached hydrogens (tertiary/aromatic N) is 2. The lowest BCUT2D eigenvalue weighted by atomic mass is 9.97. The second kappa shape index (κ2) is 12.0. The first-order valence-corrected chi connectivity index (χ1v) is 13.5. The van der Waals surface area contributed by atoms with Gasteiger partial charge >= 0.3 is 12.2 Å². The van der Waals surface area contributed by atoms with Gasteiger partial charge in [0.2, 0.25) is 5.91 Å². The van der Waals surface area contributed by atoms with E-state index in [4.69, 9.17) is 9.47 Å². The van der Waals surface area contributed by atoms with Crippen LogP contribution in [0.5, 0.6) is 5.75 Å². The number of hydrogen-bond acceptors (Lipinski definition) is 7. The van der Waals surface area contributed by atoms with Gasteiger partial charge in [0.25, 0.3) is 0 Å². The normalized spacial score (nSPS) is 20.8. The Bertz CT molecular complexity index is 1510. The number of amides is 3. The molecule has 2 bridgehead atoms. The van der Waals surface area contributed by atoms with Gasteiger partial charge in [-0.2, -0.15) is 0 Å². The lowest BCUT2D eigenvalue weighted by molar-refractivity contribution is -0.119. The van der Waals surface area contributed by atoms with Crippen LogP contribution in [0.3, 0.4) is 0 Å². The largest absolute Gasteiger partial charge is 0.494 e. The number of aromatic amines is 1. The van der Waals surface area contributed by atoms with E-state index in [-0.39, 0.29) is 36.1 Å². The molecule has 0 radical (unpaired) electrons. The predicted molar refractivity (Wildman–Crippen MR) is 148 cm³/mol. The zero-order valence-corrected chi connectivity index (χ0v) is 23.3. The standard InChI is InChI=1S/C29H31F2N5O6/c1-15-5-4-6-21(36-12-11-22(42-29(36)39)24-18(30)9-10-23(40-2)25(24)31)26-32-14-20(34-26)17-8-7-16(33-28(38)41-3)13-19(17)35-27(15)37/h7-10,13-15,21-22H,4-6,11-12H2,1-3H3,(H,32,34)(H,33,38)(H,35,37). The molecule has 1 saturated heterocycles. The Balaban J connectivity index is 1.44. The molecule has 11 nitrogen and oxygen atoms in total. The van der Waals surface area contributed by atoms with Gasteiger partial charge in [0.1, 0.15) is 17.7 Å². The molecule has 1 fully saturated rings. The Morgan fingerprint density at radius 3 is 2.69 bits per heavy atom. The van der Waals surface area contributed by atoms with E-state index < -0.39 is 36.0 Å². The van der Waals surface area contributed by atoms with Crippen LogP contribution in [0.1, 0.15) is 56.1 Å². The quantitative estimate of drug-likeness (QED) is 0.347. The number of halogens is 2. The van der Waals surface area contributed by atoms with Crippen molar-refractivity contribution in [1.82, 2.24) is 14.9 Å². The number of hydrogen-bond donors (Lipinski definition) is 3. The van der Waals surface area contributed by atoms with Crippen LogP contribution in [0.4, 0.5) is 29.7 Å². The van der Waals surface area contributed by atoms with Crippen LogP contribution in [-0.4, -0.2) is 53.7 Å². The van der Waals surface area contributed by atoms with E-state index in [2.05, 4.69) is 25.3 Å². The van der Waals surface area contributed by atoms with Crippen LogP contribution in [0.15, 0.2) is 36.5 Å². The first-order valence-electron chi connectivity index (χ1n) is 13.5. The first kappa shape index (κ1) is 28.8. The van der Waals surface area contributed by atoms with E-state index in [1.165, 1.54) is 25.2 Å². The molecule has 2 aliphatic heterocycles. The number of anilines is 2. The van der Waals surface area contributed by atoms with Gasteiger partial charge in [0.05, 0.1) is 43.4 Å². The second-order valence-corrected chi connectivity index (χ2v) is 10.2. The smallest absolute Gasteiger partial charge is 0.411 e. The molecule has 2 aliphatic rings. The molecular weight excluding hydrogens is 552 g/mol. The number of fused-ring (bicyclic) bond motifs is 4. The molecule has 2 aromatic carbocycles. The molecule has 0 aliphatic carbocycles. The Morgan fingerprint density at radius 2 is 1.95 bits per heavy atom. The van der Waals surface area contributed by atoms with Crippen LogP contribution in [-0.2, 0) is 14.3 Å². The van der Waals surface area contributed by atoms with E-state index in [0.29, 0.717) is 47.7 Å². The molecule has 3 aromatic rings. The number of ether oxygens (including phenoxy) is 3. The minimum Gasteiger partial charge on any atom is -0.494 e. The summed E-state index contributed by atoms with van der Waals surface area (Å²) in [5.41, 5.74) is 1.73. The highest BCUT2D eigenvalue weighted by molar-refractivity contribution is 5.98. The number of imidazole rings is 1. The minimum atomic E-state index is -1.12. The van der Waals surface area contributed by atoms with Crippen molar-refractivity contribution in [3.05, 3.63) is 59.6 Å². The Morgan fingerprint density at radius 1 is 1.14 bits per heavy atom. The fourth-order valence-corrected chi connectivity index (χ4v) is 5.30. The lowest BCUT2D eigenvalue weighted by Crippen LogP contribution is -2.42. The maximum Gasteiger partial charge on any atom is 0.411 e. The fraction of sp³-hybridized carbons (Fsp3) is 0.379. The maximum atomic E-state index is 14.9. The summed E-state index contributed by atoms with van der Waals surface area (Å²) < 4.78 is 44.7. The summed E-state index contributed by atoms with van der Waals surface area (Å²) >= 11 is 0. The van der Waals surface area contributed by atoms with Gasteiger partial charge in [-0.25, -0.2) is 23.4 Å². The Labute approximate surface area is 240 Å². The van der Waals surface area contributed by atoms with Crippen molar-refractivity contribution in [3.8, 4) is 17.0 Å². The van der Waals surface area contributed by atoms with Gasteiger partial charge in [-0.05, 0) is 43.2 Å². The first-order chi connectivity index (χ1) is 20.2. The van der Waals surface area contributed by atoms with Crippen LogP contribution in [0.2, 0.25) is 0 Å². The second-order valence-electron chi connectivity index (χ2n) is 10.2. The highest BCUT2D eigenvalue weighted by Gasteiger charge is 2.37. The van der Waals surface area contributed by atoms with Gasteiger partial charge in [-0.1, -0.05) is 13.3 Å². The molecule has 1 aromatic heterocycles. The number of carbonyl (C=O) groups is 3. The Kier molecular flexibility index (Phi) is 8.27. The molecule has 0 spiro atoms. The van der Waals surface area contributed by atoms with Crippen molar-refractivity contribution >= 4 is 29.5 Å². The third-order valence-electron chi connectivity index (χ3n) is 7.59. The SMILES string of the molecule is COC(=O)Nc1ccc2c(c1)NC(=O)C(C)CCCC(N1CCC(c3c(F)ccc(OC)c3F)OC1=O)c1ncc-2[nH]1. The number of rotatable bonds is 4. The van der Waals surface area contributed by atoms with Crippen molar-refractivity contribution in [3.63, 3.8) is 0 Å². The van der Waals surface area contributed by atoms with Gasteiger partial charge in [0.15, 0.2) is 11.6 Å². The molecular formula is C29H31F2N5O6. The topological polar surface area (TPSA) is 135 Å². The van der Waals surface area contributed by atoms with Gasteiger partial charge < -0.3 is 24.5 Å². The van der Waals surface area contributed by atoms with Crippen molar-refractivity contribution in [2.24, 2.45) is 5.92 Å². The summed E-state index contributed by atoms with van der Waals surface area (Å²) in [6.07, 6.45) is 0.826. The highest BCUT2D eigenvalue weighted by atomic mass is 19.1. The van der Waals surface area contributed by atoms with Crippen LogP contribution < -0.4 is 15.4 Å². The Hall–Kier alpha value is -4.68. The van der Waals surface area contributed by atoms with Crippen LogP contribution >= 0.6 is 0 Å². The third kappa shape index (κ3) is 5.71. The van der Waals surface area contributed by atoms with Crippen LogP contribution in [0.25, 0.3) is 11.3 Å². The average molecular weight is 584 g/mol. The van der Waals surface area contributed by atoms with Crippen LogP contribution in [0, 0.1) is 17.6 Å². The van der Waals surface area contributed by atoms with E-state index in [0.717, 1.165) is 6.07 Å². The van der Waals surface area contributed by atoms with Crippen molar-refractivity contribution in [2.45, 2.75) is 44.8 Å². The van der Waals surface area contributed by atoms with E-state index in [1.54, 1.807) is 24.4 Å². The number of H-pyrrole nitrogens is 1. The summed E-state index contributed by atoms with van der Waals surface area (Å²) in [6.45, 7) is 1.97. The van der Waals surface area contributed by atoms with Crippen molar-refractivity contribution in [2.75, 3.05) is 31.4 Å². The zero-order chi connectivity index (χ0) is 30.0. The van der Waals surface area contributed by atoms with Crippen molar-refractivity contribution in [1.29, 1.82) is 0 Å². The molecule has 3 amide bonds. The van der Waals surface area contributed by atoms with E-state index in [1.807, 2.05) is 6.92 Å². The monoisotopic (exact) mass is 583 g/mol. The molecule has 0 saturated carbocycles. The van der Waals surface area contributed by atoms with E-state index >= 15 is 0 Å². The van der Waals surface area contributed by atoms with Gasteiger partial charge in [-0.3, -0.25) is 15.0 Å². The third-order valence-corrected chi connectivity index (χ3v) is 7.59. The number of nitrogens with one attached hydrogen (secondary N) is 3. The van der Waals surface area contributed by atoms with Gasteiger partial charge in [0, 0.05) is 30.1 Å². The zero-order valence-electron chi connectivity index (χ0n) is 23.3. The molecule has 3 unspecified atom stereocenters. The molecule has 5 rings (SSSR count). The van der Waals surface area contributed by atoms with Crippen molar-refractivity contribution < 1.29 is 37.4 Å². The molecule has 3 heterocycles.